The molecule has 3 aromatic rings. The highest BCUT2D eigenvalue weighted by atomic mass is 35.5. The number of rotatable bonds is 12. The molecule has 226 valence electrons. The first-order valence-electron chi connectivity index (χ1n) is 13.5. The molecule has 0 aliphatic heterocycles. The lowest BCUT2D eigenvalue weighted by Crippen LogP contribution is -2.55. The van der Waals surface area contributed by atoms with Crippen molar-refractivity contribution in [1.29, 1.82) is 0 Å². The molecule has 9 nitrogen and oxygen atoms in total. The standard InChI is InChI=1S/C31H38ClN3O6S/c1-7-28(30(37)33-31(2,3)4)34(20-22-8-14-25(40-5)15-9-22)29(36)21-35(24-12-10-23(32)11-13-24)42(38,39)27-18-16-26(41-6)17-19-27/h8-19,28H,7,20-21H2,1-6H3,(H,33,37)/t28-/m1/s1. The minimum absolute atomic E-state index is 0.0229. The third-order valence-electron chi connectivity index (χ3n) is 6.44. The highest BCUT2D eigenvalue weighted by molar-refractivity contribution is 7.92. The third kappa shape index (κ3) is 8.39. The van der Waals surface area contributed by atoms with E-state index in [-0.39, 0.29) is 23.0 Å². The summed E-state index contributed by atoms with van der Waals surface area (Å²) in [6.07, 6.45) is 0.315. The summed E-state index contributed by atoms with van der Waals surface area (Å²) in [4.78, 5) is 29.0. The maximum absolute atomic E-state index is 14.1. The van der Waals surface area contributed by atoms with E-state index in [1.165, 1.54) is 48.4 Å². The summed E-state index contributed by atoms with van der Waals surface area (Å²) in [5.74, 6) is 0.259. The molecule has 0 spiro atoms. The van der Waals surface area contributed by atoms with Crippen LogP contribution in [-0.2, 0) is 26.2 Å². The van der Waals surface area contributed by atoms with E-state index in [0.717, 1.165) is 9.87 Å². The van der Waals surface area contributed by atoms with Gasteiger partial charge in [0, 0.05) is 17.1 Å². The number of hydrogen-bond acceptors (Lipinski definition) is 6. The molecule has 0 bridgehead atoms. The Balaban J connectivity index is 2.06. The predicted molar refractivity (Wildman–Crippen MR) is 164 cm³/mol. The van der Waals surface area contributed by atoms with Crippen molar-refractivity contribution in [3.8, 4) is 11.5 Å². The molecule has 0 heterocycles. The number of anilines is 1. The lowest BCUT2D eigenvalue weighted by atomic mass is 10.1. The number of hydrogen-bond donors (Lipinski definition) is 1. The monoisotopic (exact) mass is 615 g/mol. The van der Waals surface area contributed by atoms with E-state index in [1.807, 2.05) is 27.7 Å². The lowest BCUT2D eigenvalue weighted by Gasteiger charge is -2.34. The smallest absolute Gasteiger partial charge is 0.264 e. The van der Waals surface area contributed by atoms with Gasteiger partial charge in [0.15, 0.2) is 0 Å². The van der Waals surface area contributed by atoms with Crippen molar-refractivity contribution >= 4 is 39.1 Å². The Labute approximate surface area is 253 Å². The topological polar surface area (TPSA) is 105 Å². The highest BCUT2D eigenvalue weighted by Crippen LogP contribution is 2.27. The van der Waals surface area contributed by atoms with Gasteiger partial charge in [0.05, 0.1) is 24.8 Å². The number of carbonyl (C=O) groups is 2. The van der Waals surface area contributed by atoms with Crippen LogP contribution in [0.25, 0.3) is 0 Å². The number of benzene rings is 3. The number of sulfonamides is 1. The molecule has 0 saturated carbocycles. The molecule has 3 aromatic carbocycles. The van der Waals surface area contributed by atoms with Crippen LogP contribution in [0.15, 0.2) is 77.7 Å². The van der Waals surface area contributed by atoms with E-state index in [2.05, 4.69) is 5.32 Å². The normalized spacial score (nSPS) is 12.3. The van der Waals surface area contributed by atoms with E-state index in [1.54, 1.807) is 43.5 Å². The Kier molecular flexibility index (Phi) is 10.9. The van der Waals surface area contributed by atoms with Crippen molar-refractivity contribution in [3.05, 3.63) is 83.4 Å². The Hall–Kier alpha value is -3.76. The average molecular weight is 616 g/mol. The summed E-state index contributed by atoms with van der Waals surface area (Å²) < 4.78 is 39.4. The maximum atomic E-state index is 14.1. The highest BCUT2D eigenvalue weighted by Gasteiger charge is 2.34. The van der Waals surface area contributed by atoms with Gasteiger partial charge in [0.25, 0.3) is 10.0 Å². The van der Waals surface area contributed by atoms with E-state index < -0.39 is 34.1 Å². The van der Waals surface area contributed by atoms with Crippen molar-refractivity contribution < 1.29 is 27.5 Å². The van der Waals surface area contributed by atoms with E-state index in [0.29, 0.717) is 22.9 Å². The van der Waals surface area contributed by atoms with Crippen LogP contribution < -0.4 is 19.1 Å². The third-order valence-corrected chi connectivity index (χ3v) is 8.48. The summed E-state index contributed by atoms with van der Waals surface area (Å²) in [6.45, 7) is 6.92. The zero-order chi connectivity index (χ0) is 31.1. The minimum atomic E-state index is -4.21. The first kappa shape index (κ1) is 32.8. The summed E-state index contributed by atoms with van der Waals surface area (Å²) in [7, 11) is -1.17. The summed E-state index contributed by atoms with van der Waals surface area (Å²) in [5, 5.41) is 3.37. The molecule has 0 aliphatic rings. The molecule has 11 heteroatoms. The first-order valence-corrected chi connectivity index (χ1v) is 15.3. The number of halogens is 1. The molecule has 3 rings (SSSR count). The Morgan fingerprint density at radius 3 is 1.88 bits per heavy atom. The zero-order valence-corrected chi connectivity index (χ0v) is 26.3. The molecule has 0 fully saturated rings. The average Bonchev–Trinajstić information content (AvgIpc) is 2.95. The molecule has 2 amide bonds. The molecular weight excluding hydrogens is 578 g/mol. The Bertz CT molecular complexity index is 1450. The zero-order valence-electron chi connectivity index (χ0n) is 24.8. The van der Waals surface area contributed by atoms with E-state index in [9.17, 15) is 18.0 Å². The summed E-state index contributed by atoms with van der Waals surface area (Å²) in [6, 6.07) is 18.4. The van der Waals surface area contributed by atoms with Crippen LogP contribution in [0.4, 0.5) is 5.69 Å². The van der Waals surface area contributed by atoms with Crippen molar-refractivity contribution in [2.24, 2.45) is 0 Å². The van der Waals surface area contributed by atoms with Crippen molar-refractivity contribution in [2.45, 2.75) is 57.1 Å². The van der Waals surface area contributed by atoms with Gasteiger partial charge in [-0.05, 0) is 93.4 Å². The fourth-order valence-electron chi connectivity index (χ4n) is 4.31. The van der Waals surface area contributed by atoms with Crippen LogP contribution >= 0.6 is 11.6 Å². The molecule has 1 N–H and O–H groups in total. The van der Waals surface area contributed by atoms with Gasteiger partial charge >= 0.3 is 0 Å². The van der Waals surface area contributed by atoms with Gasteiger partial charge in [0.1, 0.15) is 24.1 Å². The SMILES string of the molecule is CC[C@H](C(=O)NC(C)(C)C)N(Cc1ccc(OC)cc1)C(=O)CN(c1ccc(Cl)cc1)S(=O)(=O)c1ccc(OC)cc1. The Morgan fingerprint density at radius 1 is 0.881 bits per heavy atom. The van der Waals surface area contributed by atoms with Gasteiger partial charge in [-0.2, -0.15) is 0 Å². The predicted octanol–water partition coefficient (Wildman–Crippen LogP) is 5.27. The molecule has 0 saturated heterocycles. The van der Waals surface area contributed by atoms with Crippen molar-refractivity contribution in [2.75, 3.05) is 25.1 Å². The van der Waals surface area contributed by atoms with Crippen LogP contribution in [-0.4, -0.2) is 57.5 Å². The molecule has 1 atom stereocenters. The number of nitrogens with one attached hydrogen (secondary N) is 1. The van der Waals surface area contributed by atoms with Crippen LogP contribution in [0.2, 0.25) is 5.02 Å². The summed E-state index contributed by atoms with van der Waals surface area (Å²) >= 11 is 6.09. The van der Waals surface area contributed by atoms with E-state index in [4.69, 9.17) is 21.1 Å². The van der Waals surface area contributed by atoms with Gasteiger partial charge < -0.3 is 19.7 Å². The minimum Gasteiger partial charge on any atom is -0.497 e. The molecule has 0 aliphatic carbocycles. The number of amides is 2. The fraction of sp³-hybridized carbons (Fsp3) is 0.355. The molecule has 0 aromatic heterocycles. The molecule has 42 heavy (non-hydrogen) atoms. The van der Waals surface area contributed by atoms with E-state index >= 15 is 0 Å². The quantitative estimate of drug-likeness (QED) is 0.297. The molecular formula is C31H38ClN3O6S. The van der Waals surface area contributed by atoms with Crippen molar-refractivity contribution in [1.82, 2.24) is 10.2 Å². The maximum Gasteiger partial charge on any atom is 0.264 e. The second kappa shape index (κ2) is 13.9. The van der Waals surface area contributed by atoms with Crippen LogP contribution in [0, 0.1) is 0 Å². The number of nitrogens with zero attached hydrogens (tertiary/aromatic N) is 2. The van der Waals surface area contributed by atoms with Crippen molar-refractivity contribution in [3.63, 3.8) is 0 Å². The number of methoxy groups -OCH3 is 2. The number of carbonyl (C=O) groups excluding carboxylic acids is 2. The molecule has 0 radical (unpaired) electrons. The second-order valence-electron chi connectivity index (χ2n) is 10.7. The summed E-state index contributed by atoms with van der Waals surface area (Å²) in [5.41, 5.74) is 0.467. The first-order chi connectivity index (χ1) is 19.8. The van der Waals surface area contributed by atoms with Gasteiger partial charge in [0.2, 0.25) is 11.8 Å². The lowest BCUT2D eigenvalue weighted by molar-refractivity contribution is -0.141. The fourth-order valence-corrected chi connectivity index (χ4v) is 5.85. The number of ether oxygens (including phenoxy) is 2. The van der Waals surface area contributed by atoms with Crippen LogP contribution in [0.3, 0.4) is 0 Å². The Morgan fingerprint density at radius 2 is 1.40 bits per heavy atom. The largest absolute Gasteiger partial charge is 0.497 e. The van der Waals surface area contributed by atoms with Gasteiger partial charge in [-0.15, -0.1) is 0 Å². The van der Waals surface area contributed by atoms with Gasteiger partial charge in [-0.3, -0.25) is 13.9 Å². The van der Waals surface area contributed by atoms with Crippen LogP contribution in [0.1, 0.15) is 39.7 Å². The molecule has 0 unspecified atom stereocenters. The second-order valence-corrected chi connectivity index (χ2v) is 13.0. The van der Waals surface area contributed by atoms with Gasteiger partial charge in [-0.1, -0.05) is 30.7 Å². The van der Waals surface area contributed by atoms with Crippen LogP contribution in [0.5, 0.6) is 11.5 Å². The van der Waals surface area contributed by atoms with Gasteiger partial charge in [-0.25, -0.2) is 8.42 Å².